The average molecular weight is 515 g/mol. The lowest BCUT2D eigenvalue weighted by molar-refractivity contribution is 0.0490. The number of nitrogens with zero attached hydrogens (tertiary/aromatic N) is 1. The summed E-state index contributed by atoms with van der Waals surface area (Å²) in [7, 11) is 0. The molecule has 0 bridgehead atoms. The Bertz CT molecular complexity index is 436. The lowest BCUT2D eigenvalue weighted by Crippen LogP contribution is -2.48. The summed E-state index contributed by atoms with van der Waals surface area (Å²) in [6.07, 6.45) is 8.15. The molecule has 0 aromatic carbocycles. The van der Waals surface area contributed by atoms with E-state index in [2.05, 4.69) is 34.1 Å². The molecular weight excluding hydrogens is 475 g/mol. The van der Waals surface area contributed by atoms with Gasteiger partial charge in [0.1, 0.15) is 5.60 Å². The Kier molecular flexibility index (Phi) is 14.4. The van der Waals surface area contributed by atoms with Gasteiger partial charge in [0.15, 0.2) is 5.96 Å². The van der Waals surface area contributed by atoms with Gasteiger partial charge in [0.2, 0.25) is 0 Å². The van der Waals surface area contributed by atoms with Crippen molar-refractivity contribution in [2.24, 2.45) is 4.99 Å². The van der Waals surface area contributed by atoms with Crippen LogP contribution in [-0.2, 0) is 4.74 Å². The van der Waals surface area contributed by atoms with Gasteiger partial charge in [0.05, 0.1) is 0 Å². The molecule has 0 aliphatic heterocycles. The zero-order valence-electron chi connectivity index (χ0n) is 17.6. The molecule has 1 aliphatic carbocycles. The molecule has 0 radical (unpaired) electrons. The van der Waals surface area contributed by atoms with Gasteiger partial charge in [-0.2, -0.15) is 11.8 Å². The van der Waals surface area contributed by atoms with Crippen molar-refractivity contribution in [3.63, 3.8) is 0 Å². The maximum absolute atomic E-state index is 11.9. The van der Waals surface area contributed by atoms with Gasteiger partial charge in [-0.15, -0.1) is 24.0 Å². The maximum atomic E-state index is 11.9. The quantitative estimate of drug-likeness (QED) is 0.197. The van der Waals surface area contributed by atoms with Gasteiger partial charge in [-0.1, -0.05) is 0 Å². The van der Waals surface area contributed by atoms with E-state index >= 15 is 0 Å². The third-order valence-electron chi connectivity index (χ3n) is 4.16. The van der Waals surface area contributed by atoms with Gasteiger partial charge in [-0.3, -0.25) is 4.99 Å². The number of hydrogen-bond acceptors (Lipinski definition) is 4. The van der Waals surface area contributed by atoms with Crippen LogP contribution in [0.4, 0.5) is 4.79 Å². The number of rotatable bonds is 8. The minimum Gasteiger partial charge on any atom is -0.444 e. The van der Waals surface area contributed by atoms with E-state index in [1.165, 1.54) is 12.2 Å². The standard InChI is InChI=1S/C19H38N4O2S.HI/c1-6-20-17(21-13-7-8-14-26-5)22-15-9-11-16(12-10-15)23-18(24)25-19(2,3)4;/h15-16H,6-14H2,1-5H3,(H,23,24)(H2,20,21,22);1H. The summed E-state index contributed by atoms with van der Waals surface area (Å²) < 4.78 is 5.34. The van der Waals surface area contributed by atoms with Crippen LogP contribution in [0.5, 0.6) is 0 Å². The van der Waals surface area contributed by atoms with Crippen molar-refractivity contribution in [3.8, 4) is 0 Å². The first kappa shape index (κ1) is 26.6. The normalized spacial score (nSPS) is 20.4. The summed E-state index contributed by atoms with van der Waals surface area (Å²) in [4.78, 5) is 16.6. The van der Waals surface area contributed by atoms with E-state index in [1.807, 2.05) is 32.5 Å². The molecule has 1 fully saturated rings. The molecule has 160 valence electrons. The number of halogens is 1. The van der Waals surface area contributed by atoms with Crippen molar-refractivity contribution in [1.82, 2.24) is 16.0 Å². The van der Waals surface area contributed by atoms with Crippen LogP contribution >= 0.6 is 35.7 Å². The van der Waals surface area contributed by atoms with Crippen LogP contribution < -0.4 is 16.0 Å². The van der Waals surface area contributed by atoms with E-state index in [4.69, 9.17) is 4.74 Å². The second-order valence-electron chi connectivity index (χ2n) is 7.80. The minimum absolute atomic E-state index is 0. The molecule has 27 heavy (non-hydrogen) atoms. The molecule has 0 atom stereocenters. The molecule has 3 N–H and O–H groups in total. The van der Waals surface area contributed by atoms with Gasteiger partial charge in [0, 0.05) is 25.2 Å². The third kappa shape index (κ3) is 13.4. The van der Waals surface area contributed by atoms with Gasteiger partial charge < -0.3 is 20.7 Å². The second kappa shape index (κ2) is 14.6. The maximum Gasteiger partial charge on any atom is 0.407 e. The van der Waals surface area contributed by atoms with Crippen molar-refractivity contribution >= 4 is 47.8 Å². The highest BCUT2D eigenvalue weighted by molar-refractivity contribution is 14.0. The Morgan fingerprint density at radius 1 is 1.11 bits per heavy atom. The Hall–Kier alpha value is -0.380. The number of nitrogens with one attached hydrogen (secondary N) is 3. The van der Waals surface area contributed by atoms with E-state index in [0.29, 0.717) is 6.04 Å². The first-order valence-corrected chi connectivity index (χ1v) is 11.3. The smallest absolute Gasteiger partial charge is 0.407 e. The minimum atomic E-state index is -0.449. The predicted molar refractivity (Wildman–Crippen MR) is 128 cm³/mol. The number of carbonyl (C=O) groups is 1. The van der Waals surface area contributed by atoms with Crippen molar-refractivity contribution in [2.75, 3.05) is 25.1 Å². The molecule has 0 aromatic heterocycles. The molecule has 8 heteroatoms. The molecule has 0 aromatic rings. The molecule has 0 spiro atoms. The number of amides is 1. The number of aliphatic imine (C=N–C) groups is 1. The SMILES string of the molecule is CCNC(=NCCCCSC)NC1CCC(NC(=O)OC(C)(C)C)CC1.I. The van der Waals surface area contributed by atoms with Crippen molar-refractivity contribution in [2.45, 2.75) is 83.9 Å². The van der Waals surface area contributed by atoms with E-state index < -0.39 is 5.60 Å². The molecule has 6 nitrogen and oxygen atoms in total. The number of ether oxygens (including phenoxy) is 1. The zero-order valence-corrected chi connectivity index (χ0v) is 20.7. The fourth-order valence-corrected chi connectivity index (χ4v) is 3.41. The van der Waals surface area contributed by atoms with Crippen LogP contribution in [0.1, 0.15) is 66.2 Å². The number of guanidine groups is 1. The van der Waals surface area contributed by atoms with Gasteiger partial charge in [-0.05, 0) is 78.2 Å². The lowest BCUT2D eigenvalue weighted by Gasteiger charge is -2.31. The molecule has 1 saturated carbocycles. The van der Waals surface area contributed by atoms with E-state index in [9.17, 15) is 4.79 Å². The first-order chi connectivity index (χ1) is 12.3. The van der Waals surface area contributed by atoms with Crippen LogP contribution in [0.25, 0.3) is 0 Å². The molecule has 0 saturated heterocycles. The number of thioether (sulfide) groups is 1. The Morgan fingerprint density at radius 3 is 2.22 bits per heavy atom. The number of alkyl carbamates (subject to hydrolysis) is 1. The first-order valence-electron chi connectivity index (χ1n) is 9.87. The predicted octanol–water partition coefficient (Wildman–Crippen LogP) is 4.14. The fraction of sp³-hybridized carbons (Fsp3) is 0.895. The monoisotopic (exact) mass is 514 g/mol. The molecule has 0 heterocycles. The van der Waals surface area contributed by atoms with Crippen molar-refractivity contribution in [3.05, 3.63) is 0 Å². The topological polar surface area (TPSA) is 74.8 Å². The highest BCUT2D eigenvalue weighted by atomic mass is 127. The summed E-state index contributed by atoms with van der Waals surface area (Å²) in [5, 5.41) is 9.88. The highest BCUT2D eigenvalue weighted by Crippen LogP contribution is 2.19. The average Bonchev–Trinajstić information content (AvgIpc) is 2.55. The van der Waals surface area contributed by atoms with Gasteiger partial charge in [0.25, 0.3) is 0 Å². The summed E-state index contributed by atoms with van der Waals surface area (Å²) >= 11 is 1.89. The Balaban J connectivity index is 0.00000676. The van der Waals surface area contributed by atoms with Crippen LogP contribution in [-0.4, -0.2) is 54.8 Å². The molecular formula is C19H39IN4O2S. The van der Waals surface area contributed by atoms with E-state index in [-0.39, 0.29) is 36.1 Å². The van der Waals surface area contributed by atoms with Crippen molar-refractivity contribution < 1.29 is 9.53 Å². The summed E-state index contributed by atoms with van der Waals surface area (Å²) in [5.41, 5.74) is -0.449. The van der Waals surface area contributed by atoms with Gasteiger partial charge in [-0.25, -0.2) is 4.79 Å². The molecule has 1 rings (SSSR count). The van der Waals surface area contributed by atoms with E-state index in [0.717, 1.165) is 51.2 Å². The zero-order chi connectivity index (χ0) is 19.4. The van der Waals surface area contributed by atoms with Gasteiger partial charge >= 0.3 is 6.09 Å². The number of carbonyl (C=O) groups excluding carboxylic acids is 1. The summed E-state index contributed by atoms with van der Waals surface area (Å²) in [5.74, 6) is 2.12. The largest absolute Gasteiger partial charge is 0.444 e. The van der Waals surface area contributed by atoms with Crippen LogP contribution in [0, 0.1) is 0 Å². The molecule has 1 aliphatic rings. The molecule has 1 amide bonds. The van der Waals surface area contributed by atoms with Crippen molar-refractivity contribution in [1.29, 1.82) is 0 Å². The summed E-state index contributed by atoms with van der Waals surface area (Å²) in [6, 6.07) is 0.615. The fourth-order valence-electron chi connectivity index (χ4n) is 2.92. The summed E-state index contributed by atoms with van der Waals surface area (Å²) in [6.45, 7) is 9.48. The van der Waals surface area contributed by atoms with Crippen LogP contribution in [0.3, 0.4) is 0 Å². The third-order valence-corrected chi connectivity index (χ3v) is 4.86. The van der Waals surface area contributed by atoms with Crippen LogP contribution in [0.2, 0.25) is 0 Å². The van der Waals surface area contributed by atoms with Crippen LogP contribution in [0.15, 0.2) is 4.99 Å². The highest BCUT2D eigenvalue weighted by Gasteiger charge is 2.25. The Labute approximate surface area is 186 Å². The number of unbranched alkanes of at least 4 members (excludes halogenated alkanes) is 1. The lowest BCUT2D eigenvalue weighted by atomic mass is 9.91. The van der Waals surface area contributed by atoms with E-state index in [1.54, 1.807) is 0 Å². The molecule has 0 unspecified atom stereocenters. The Morgan fingerprint density at radius 2 is 1.70 bits per heavy atom. The second-order valence-corrected chi connectivity index (χ2v) is 8.79. The number of hydrogen-bond donors (Lipinski definition) is 3.